The van der Waals surface area contributed by atoms with Gasteiger partial charge in [-0.2, -0.15) is 11.8 Å². The molecule has 0 aliphatic carbocycles. The molecule has 4 nitrogen and oxygen atoms in total. The van der Waals surface area contributed by atoms with Crippen molar-refractivity contribution in [3.8, 4) is 0 Å². The molecule has 132 valence electrons. The molecule has 0 fully saturated rings. The van der Waals surface area contributed by atoms with E-state index in [1.807, 2.05) is 36.4 Å². The Morgan fingerprint density at radius 2 is 1.96 bits per heavy atom. The molecule has 2 aromatic carbocycles. The van der Waals surface area contributed by atoms with E-state index in [1.54, 1.807) is 23.9 Å². The fourth-order valence-electron chi connectivity index (χ4n) is 2.18. The molecule has 0 spiro atoms. The Bertz CT molecular complexity index is 736. The third kappa shape index (κ3) is 6.44. The number of carbonyl (C=O) groups is 2. The molecule has 0 saturated carbocycles. The molecule has 0 heterocycles. The predicted molar refractivity (Wildman–Crippen MR) is 102 cm³/mol. The zero-order chi connectivity index (χ0) is 18.1. The second kappa shape index (κ2) is 10.1. The number of ether oxygens (including phenoxy) is 1. The van der Waals surface area contributed by atoms with Gasteiger partial charge in [0.2, 0.25) is 5.91 Å². The third-order valence-corrected chi connectivity index (χ3v) is 4.92. The maximum absolute atomic E-state index is 11.9. The summed E-state index contributed by atoms with van der Waals surface area (Å²) in [6, 6.07) is 14.8. The Kier molecular flexibility index (Phi) is 7.82. The van der Waals surface area contributed by atoms with E-state index in [-0.39, 0.29) is 11.9 Å². The van der Waals surface area contributed by atoms with E-state index in [9.17, 15) is 9.59 Å². The van der Waals surface area contributed by atoms with Gasteiger partial charge in [0.15, 0.2) is 0 Å². The van der Waals surface area contributed by atoms with Gasteiger partial charge in [-0.05, 0) is 29.3 Å². The molecule has 0 aliphatic heterocycles. The van der Waals surface area contributed by atoms with Gasteiger partial charge in [-0.15, -0.1) is 0 Å². The van der Waals surface area contributed by atoms with Crippen molar-refractivity contribution in [1.82, 2.24) is 5.32 Å². The molecule has 1 amide bonds. The van der Waals surface area contributed by atoms with Gasteiger partial charge in [0.05, 0.1) is 12.7 Å². The Labute approximate surface area is 156 Å². The lowest BCUT2D eigenvalue weighted by Gasteiger charge is -2.07. The van der Waals surface area contributed by atoms with E-state index >= 15 is 0 Å². The molecule has 0 aliphatic rings. The van der Waals surface area contributed by atoms with Gasteiger partial charge in [0, 0.05) is 29.5 Å². The highest BCUT2D eigenvalue weighted by Gasteiger charge is 2.07. The number of benzene rings is 2. The lowest BCUT2D eigenvalue weighted by molar-refractivity contribution is -0.120. The predicted octanol–water partition coefficient (Wildman–Crippen LogP) is 4.07. The van der Waals surface area contributed by atoms with Gasteiger partial charge >= 0.3 is 5.97 Å². The van der Waals surface area contributed by atoms with Crippen molar-refractivity contribution in [2.45, 2.75) is 18.7 Å². The molecular weight excluding hydrogens is 358 g/mol. The Morgan fingerprint density at radius 3 is 2.72 bits per heavy atom. The van der Waals surface area contributed by atoms with E-state index < -0.39 is 0 Å². The van der Waals surface area contributed by atoms with Crippen LogP contribution in [0.3, 0.4) is 0 Å². The third-order valence-electron chi connectivity index (χ3n) is 3.52. The Hall–Kier alpha value is -1.98. The van der Waals surface area contributed by atoms with Crippen LogP contribution in [0.2, 0.25) is 5.02 Å². The fraction of sp³-hybridized carbons (Fsp3) is 0.263. The Morgan fingerprint density at radius 1 is 1.16 bits per heavy atom. The topological polar surface area (TPSA) is 55.4 Å². The standard InChI is InChI=1S/C19H20ClNO3S/c1-24-19(23)15-7-4-5-14(11-15)13-25-10-9-18(22)21-12-16-6-2-3-8-17(16)20/h2-8,11H,9-10,12-13H2,1H3,(H,21,22). The van der Waals surface area contributed by atoms with Crippen LogP contribution in [-0.4, -0.2) is 24.7 Å². The summed E-state index contributed by atoms with van der Waals surface area (Å²) < 4.78 is 4.71. The van der Waals surface area contributed by atoms with Crippen molar-refractivity contribution in [2.75, 3.05) is 12.9 Å². The highest BCUT2D eigenvalue weighted by Crippen LogP contribution is 2.16. The van der Waals surface area contributed by atoms with Crippen molar-refractivity contribution >= 4 is 35.2 Å². The minimum Gasteiger partial charge on any atom is -0.465 e. The summed E-state index contributed by atoms with van der Waals surface area (Å²) in [7, 11) is 1.37. The lowest BCUT2D eigenvalue weighted by Crippen LogP contribution is -2.23. The number of hydrogen-bond acceptors (Lipinski definition) is 4. The maximum Gasteiger partial charge on any atom is 0.337 e. The molecule has 2 aromatic rings. The second-order valence-corrected chi connectivity index (χ2v) is 6.88. The average molecular weight is 378 g/mol. The molecule has 25 heavy (non-hydrogen) atoms. The van der Waals surface area contributed by atoms with Crippen molar-refractivity contribution in [3.63, 3.8) is 0 Å². The van der Waals surface area contributed by atoms with Gasteiger partial charge in [-0.1, -0.05) is 41.9 Å². The molecule has 0 bridgehead atoms. The van der Waals surface area contributed by atoms with E-state index in [1.165, 1.54) is 7.11 Å². The summed E-state index contributed by atoms with van der Waals surface area (Å²) in [4.78, 5) is 23.4. The summed E-state index contributed by atoms with van der Waals surface area (Å²) in [6.45, 7) is 0.435. The minimum atomic E-state index is -0.342. The number of nitrogens with one attached hydrogen (secondary N) is 1. The quantitative estimate of drug-likeness (QED) is 0.556. The van der Waals surface area contributed by atoms with E-state index in [4.69, 9.17) is 16.3 Å². The highest BCUT2D eigenvalue weighted by molar-refractivity contribution is 7.98. The van der Waals surface area contributed by atoms with Crippen LogP contribution in [0.1, 0.15) is 27.9 Å². The van der Waals surface area contributed by atoms with Crippen LogP contribution in [0.25, 0.3) is 0 Å². The first-order chi connectivity index (χ1) is 12.1. The summed E-state index contributed by atoms with van der Waals surface area (Å²) >= 11 is 7.71. The Balaban J connectivity index is 1.70. The van der Waals surface area contributed by atoms with Crippen LogP contribution in [0.15, 0.2) is 48.5 Å². The molecule has 1 N–H and O–H groups in total. The molecule has 6 heteroatoms. The number of methoxy groups -OCH3 is 1. The number of rotatable bonds is 8. The van der Waals surface area contributed by atoms with Gasteiger partial charge in [0.25, 0.3) is 0 Å². The van der Waals surface area contributed by atoms with Crippen LogP contribution in [0.5, 0.6) is 0 Å². The second-order valence-electron chi connectivity index (χ2n) is 5.36. The molecule has 2 rings (SSSR count). The normalized spacial score (nSPS) is 10.3. The molecule has 0 unspecified atom stereocenters. The number of hydrogen-bond donors (Lipinski definition) is 1. The molecular formula is C19H20ClNO3S. The largest absolute Gasteiger partial charge is 0.465 e. The number of carbonyl (C=O) groups excluding carboxylic acids is 2. The number of thioether (sulfide) groups is 1. The molecule has 0 atom stereocenters. The van der Waals surface area contributed by atoms with E-state index in [0.717, 1.165) is 16.9 Å². The van der Waals surface area contributed by atoms with Crippen LogP contribution < -0.4 is 5.32 Å². The van der Waals surface area contributed by atoms with Crippen molar-refractivity contribution < 1.29 is 14.3 Å². The van der Waals surface area contributed by atoms with Gasteiger partial charge < -0.3 is 10.1 Å². The first-order valence-corrected chi connectivity index (χ1v) is 9.38. The van der Waals surface area contributed by atoms with Gasteiger partial charge in [0.1, 0.15) is 0 Å². The zero-order valence-electron chi connectivity index (χ0n) is 14.0. The summed E-state index contributed by atoms with van der Waals surface area (Å²) in [5.41, 5.74) is 2.48. The SMILES string of the molecule is COC(=O)c1cccc(CSCCC(=O)NCc2ccccc2Cl)c1. The summed E-state index contributed by atoms with van der Waals surface area (Å²) in [5, 5.41) is 3.53. The van der Waals surface area contributed by atoms with Crippen molar-refractivity contribution in [3.05, 3.63) is 70.2 Å². The first kappa shape index (κ1) is 19.3. The van der Waals surface area contributed by atoms with Crippen molar-refractivity contribution in [2.24, 2.45) is 0 Å². The molecule has 0 saturated heterocycles. The fourth-order valence-corrected chi connectivity index (χ4v) is 3.28. The monoisotopic (exact) mass is 377 g/mol. The van der Waals surface area contributed by atoms with E-state index in [2.05, 4.69) is 5.32 Å². The summed E-state index contributed by atoms with van der Waals surface area (Å²) in [6.07, 6.45) is 0.436. The number of halogens is 1. The van der Waals surface area contributed by atoms with Crippen LogP contribution in [0, 0.1) is 0 Å². The van der Waals surface area contributed by atoms with Gasteiger partial charge in [-0.25, -0.2) is 4.79 Å². The molecule has 0 aromatic heterocycles. The maximum atomic E-state index is 11.9. The van der Waals surface area contributed by atoms with Crippen molar-refractivity contribution in [1.29, 1.82) is 0 Å². The zero-order valence-corrected chi connectivity index (χ0v) is 15.5. The van der Waals surface area contributed by atoms with Crippen LogP contribution in [-0.2, 0) is 21.8 Å². The van der Waals surface area contributed by atoms with Crippen LogP contribution in [0.4, 0.5) is 0 Å². The summed E-state index contributed by atoms with van der Waals surface area (Å²) in [5.74, 6) is 1.10. The minimum absolute atomic E-state index is 0.00395. The van der Waals surface area contributed by atoms with E-state index in [0.29, 0.717) is 29.3 Å². The number of esters is 1. The highest BCUT2D eigenvalue weighted by atomic mass is 35.5. The lowest BCUT2D eigenvalue weighted by atomic mass is 10.1. The first-order valence-electron chi connectivity index (χ1n) is 7.85. The number of amides is 1. The van der Waals surface area contributed by atoms with Gasteiger partial charge in [-0.3, -0.25) is 4.79 Å². The average Bonchev–Trinajstić information content (AvgIpc) is 2.64. The molecule has 0 radical (unpaired) electrons. The smallest absolute Gasteiger partial charge is 0.337 e. The van der Waals surface area contributed by atoms with Crippen LogP contribution >= 0.6 is 23.4 Å².